The summed E-state index contributed by atoms with van der Waals surface area (Å²) in [5.74, 6) is -4.49. The molecule has 2 rings (SSSR count). The molecule has 0 aromatic rings. The monoisotopic (exact) mass is 326 g/mol. The number of hydrogen-bond donors (Lipinski definition) is 3. The highest BCUT2D eigenvalue weighted by Gasteiger charge is 2.52. The van der Waals surface area contributed by atoms with Gasteiger partial charge in [0.25, 0.3) is 0 Å². The van der Waals surface area contributed by atoms with Gasteiger partial charge in [0, 0.05) is 12.3 Å². The highest BCUT2D eigenvalue weighted by Crippen LogP contribution is 2.40. The molecule has 1 heterocycles. The zero-order chi connectivity index (χ0) is 17.1. The zero-order valence-electron chi connectivity index (χ0n) is 13.0. The summed E-state index contributed by atoms with van der Waals surface area (Å²) in [5.41, 5.74) is 0.312. The molecule has 1 saturated carbocycles. The van der Waals surface area contributed by atoms with Crippen LogP contribution in [0.2, 0.25) is 0 Å². The van der Waals surface area contributed by atoms with E-state index in [0.717, 1.165) is 0 Å². The number of ketones is 1. The molecule has 0 amide bonds. The highest BCUT2D eigenvalue weighted by atomic mass is 16.6. The lowest BCUT2D eigenvalue weighted by atomic mass is 9.75. The van der Waals surface area contributed by atoms with Gasteiger partial charge in [-0.2, -0.15) is 0 Å². The number of cyclic esters (lactones) is 2. The van der Waals surface area contributed by atoms with Gasteiger partial charge >= 0.3 is 11.9 Å². The van der Waals surface area contributed by atoms with Crippen LogP contribution in [0.1, 0.15) is 32.6 Å². The van der Waals surface area contributed by atoms with Gasteiger partial charge < -0.3 is 20.1 Å². The van der Waals surface area contributed by atoms with Gasteiger partial charge in [-0.25, -0.2) is 0 Å². The number of hydrogen-bond acceptors (Lipinski definition) is 7. The summed E-state index contributed by atoms with van der Waals surface area (Å²) in [5, 5.41) is 29.6. The number of fused-ring (bicyclic) bond motifs is 1. The lowest BCUT2D eigenvalue weighted by molar-refractivity contribution is -0.154. The number of rotatable bonds is 3. The van der Waals surface area contributed by atoms with Crippen molar-refractivity contribution in [2.24, 2.45) is 17.8 Å². The lowest BCUT2D eigenvalue weighted by Gasteiger charge is -2.26. The molecule has 0 spiro atoms. The average molecular weight is 326 g/mol. The van der Waals surface area contributed by atoms with Gasteiger partial charge in [0.1, 0.15) is 6.10 Å². The fourth-order valence-electron chi connectivity index (χ4n) is 3.51. The van der Waals surface area contributed by atoms with Gasteiger partial charge in [-0.1, -0.05) is 19.4 Å². The molecule has 2 unspecified atom stereocenters. The summed E-state index contributed by atoms with van der Waals surface area (Å²) in [4.78, 5) is 36.3. The van der Waals surface area contributed by atoms with Gasteiger partial charge in [-0.15, -0.1) is 0 Å². The van der Waals surface area contributed by atoms with Crippen molar-refractivity contribution in [3.05, 3.63) is 11.6 Å². The number of carbonyl (C=O) groups is 3. The van der Waals surface area contributed by atoms with E-state index in [1.807, 2.05) is 6.92 Å². The van der Waals surface area contributed by atoms with Crippen molar-refractivity contribution in [1.29, 1.82) is 0 Å². The largest absolute Gasteiger partial charge is 0.393 e. The maximum atomic E-state index is 12.2. The molecule has 128 valence electrons. The first-order valence-corrected chi connectivity index (χ1v) is 7.84. The third-order valence-electron chi connectivity index (χ3n) is 4.66. The SMILES string of the molecule is CCC[C@H]1C2C(=O)OC(=O)C2C/C(=C/CO)[C@@H](O)CC(=O)[C@H]1O. The number of Topliss-reactive ketones (excluding diaryl/α,β-unsaturated/α-hetero) is 1. The van der Waals surface area contributed by atoms with Gasteiger partial charge in [0.05, 0.1) is 24.5 Å². The van der Waals surface area contributed by atoms with E-state index in [9.17, 15) is 24.6 Å². The molecular formula is C16H22O7. The minimum Gasteiger partial charge on any atom is -0.393 e. The Morgan fingerprint density at radius 1 is 1.17 bits per heavy atom. The van der Waals surface area contributed by atoms with Gasteiger partial charge in [0.15, 0.2) is 5.78 Å². The van der Waals surface area contributed by atoms with Crippen LogP contribution >= 0.6 is 0 Å². The van der Waals surface area contributed by atoms with E-state index in [0.29, 0.717) is 18.4 Å². The first-order chi connectivity index (χ1) is 10.9. The Morgan fingerprint density at radius 2 is 1.87 bits per heavy atom. The van der Waals surface area contributed by atoms with Crippen LogP contribution in [0.4, 0.5) is 0 Å². The molecule has 2 aliphatic rings. The van der Waals surface area contributed by atoms with Crippen molar-refractivity contribution < 1.29 is 34.4 Å². The third-order valence-corrected chi connectivity index (χ3v) is 4.66. The minimum atomic E-state index is -1.43. The summed E-state index contributed by atoms with van der Waals surface area (Å²) in [6, 6.07) is 0. The van der Waals surface area contributed by atoms with Gasteiger partial charge in [-0.05, 0) is 18.4 Å². The molecule has 1 aliphatic carbocycles. The van der Waals surface area contributed by atoms with E-state index in [1.165, 1.54) is 6.08 Å². The summed E-state index contributed by atoms with van der Waals surface area (Å²) in [7, 11) is 0. The van der Waals surface area contributed by atoms with Crippen LogP contribution in [-0.2, 0) is 19.1 Å². The number of aliphatic hydroxyl groups is 3. The van der Waals surface area contributed by atoms with Crippen molar-refractivity contribution in [1.82, 2.24) is 0 Å². The quantitative estimate of drug-likeness (QED) is 0.370. The molecule has 0 aromatic heterocycles. The van der Waals surface area contributed by atoms with E-state index >= 15 is 0 Å². The van der Waals surface area contributed by atoms with Crippen LogP contribution in [0.25, 0.3) is 0 Å². The average Bonchev–Trinajstić information content (AvgIpc) is 2.78. The zero-order valence-corrected chi connectivity index (χ0v) is 13.0. The Kier molecular flexibility index (Phi) is 5.67. The van der Waals surface area contributed by atoms with Crippen molar-refractivity contribution in [2.75, 3.05) is 6.61 Å². The molecular weight excluding hydrogens is 304 g/mol. The Balaban J connectivity index is 2.46. The van der Waals surface area contributed by atoms with Gasteiger partial charge in [-0.3, -0.25) is 14.4 Å². The summed E-state index contributed by atoms with van der Waals surface area (Å²) >= 11 is 0. The third kappa shape index (κ3) is 3.52. The Labute approximate surface area is 133 Å². The number of esters is 2. The van der Waals surface area contributed by atoms with Crippen LogP contribution in [0.5, 0.6) is 0 Å². The van der Waals surface area contributed by atoms with Crippen LogP contribution in [0.15, 0.2) is 11.6 Å². The van der Waals surface area contributed by atoms with Crippen molar-refractivity contribution in [3.63, 3.8) is 0 Å². The first kappa shape index (κ1) is 17.8. The van der Waals surface area contributed by atoms with E-state index in [4.69, 9.17) is 9.84 Å². The Morgan fingerprint density at radius 3 is 2.48 bits per heavy atom. The molecule has 2 fully saturated rings. The normalized spacial score (nSPS) is 37.1. The lowest BCUT2D eigenvalue weighted by Crippen LogP contribution is -2.38. The molecule has 0 aromatic carbocycles. The second-order valence-electron chi connectivity index (χ2n) is 6.12. The molecule has 7 heteroatoms. The molecule has 0 radical (unpaired) electrons. The highest BCUT2D eigenvalue weighted by molar-refractivity contribution is 5.97. The van der Waals surface area contributed by atoms with Crippen LogP contribution in [0.3, 0.4) is 0 Å². The second kappa shape index (κ2) is 7.33. The molecule has 1 aliphatic heterocycles. The van der Waals surface area contributed by atoms with Crippen LogP contribution in [-0.4, -0.2) is 51.9 Å². The first-order valence-electron chi connectivity index (χ1n) is 7.84. The standard InChI is InChI=1S/C16H22O7/c1-2-3-9-13-10(15(21)23-16(13)22)6-8(4-5-17)11(18)7-12(19)14(9)20/h4,9-11,13-14,17-18,20H,2-3,5-7H2,1H3/b8-4-/t9-,10?,11-,13?,14-/m0/s1. The fourth-order valence-corrected chi connectivity index (χ4v) is 3.51. The topological polar surface area (TPSA) is 121 Å². The number of aliphatic hydroxyl groups excluding tert-OH is 3. The van der Waals surface area contributed by atoms with E-state index in [-0.39, 0.29) is 19.4 Å². The van der Waals surface area contributed by atoms with Crippen molar-refractivity contribution in [3.8, 4) is 0 Å². The maximum absolute atomic E-state index is 12.2. The maximum Gasteiger partial charge on any atom is 0.317 e. The molecule has 7 nitrogen and oxygen atoms in total. The van der Waals surface area contributed by atoms with Gasteiger partial charge in [0.2, 0.25) is 0 Å². The smallest absolute Gasteiger partial charge is 0.317 e. The number of carbonyl (C=O) groups excluding carboxylic acids is 3. The molecule has 23 heavy (non-hydrogen) atoms. The summed E-state index contributed by atoms with van der Waals surface area (Å²) < 4.78 is 4.71. The Bertz CT molecular complexity index is 525. The predicted octanol–water partition coefficient (Wildman–Crippen LogP) is -0.278. The van der Waals surface area contributed by atoms with Crippen LogP contribution in [0, 0.1) is 17.8 Å². The van der Waals surface area contributed by atoms with Crippen molar-refractivity contribution >= 4 is 17.7 Å². The summed E-state index contributed by atoms with van der Waals surface area (Å²) in [6.07, 6.45) is -0.560. The van der Waals surface area contributed by atoms with E-state index < -0.39 is 47.7 Å². The molecule has 0 bridgehead atoms. The van der Waals surface area contributed by atoms with Crippen LogP contribution < -0.4 is 0 Å². The summed E-state index contributed by atoms with van der Waals surface area (Å²) in [6.45, 7) is 1.49. The van der Waals surface area contributed by atoms with E-state index in [1.54, 1.807) is 0 Å². The van der Waals surface area contributed by atoms with E-state index in [2.05, 4.69) is 0 Å². The van der Waals surface area contributed by atoms with Crippen molar-refractivity contribution in [2.45, 2.75) is 44.8 Å². The second-order valence-corrected chi connectivity index (χ2v) is 6.12. The fraction of sp³-hybridized carbons (Fsp3) is 0.688. The Hall–Kier alpha value is -1.57. The minimum absolute atomic E-state index is 0.0250. The molecule has 3 N–H and O–H groups in total. The molecule has 1 saturated heterocycles. The molecule has 5 atom stereocenters. The number of ether oxygens (including phenoxy) is 1. The predicted molar refractivity (Wildman–Crippen MR) is 77.9 cm³/mol.